The number of rotatable bonds is 8. The van der Waals surface area contributed by atoms with E-state index in [0.717, 1.165) is 0 Å². The third-order valence-electron chi connectivity index (χ3n) is 2.57. The zero-order valence-corrected chi connectivity index (χ0v) is 11.9. The van der Waals surface area contributed by atoms with Crippen LogP contribution in [0.15, 0.2) is 0 Å². The van der Waals surface area contributed by atoms with E-state index in [2.05, 4.69) is 0 Å². The van der Waals surface area contributed by atoms with Crippen molar-refractivity contribution in [2.45, 2.75) is 0 Å². The van der Waals surface area contributed by atoms with Crippen LogP contribution in [0.3, 0.4) is 0 Å². The van der Waals surface area contributed by atoms with Gasteiger partial charge >= 0.3 is 89.2 Å². The molecule has 0 atom stereocenters. The van der Waals surface area contributed by atoms with Gasteiger partial charge in [-0.3, -0.25) is 9.11 Å². The average Bonchev–Trinajstić information content (AvgIpc) is 2.16. The fourth-order valence-corrected chi connectivity index (χ4v) is 5.10. The summed E-state index contributed by atoms with van der Waals surface area (Å²) in [6.07, 6.45) is 2.65. The molecule has 0 fully saturated rings. The summed E-state index contributed by atoms with van der Waals surface area (Å²) in [6.45, 7) is 0.358. The van der Waals surface area contributed by atoms with E-state index in [1.165, 1.54) is 0 Å². The van der Waals surface area contributed by atoms with Gasteiger partial charge in [0, 0.05) is 0 Å². The van der Waals surface area contributed by atoms with Crippen molar-refractivity contribution >= 4 is 17.7 Å². The first-order chi connectivity index (χ1) is 8.24. The SMILES string of the molecule is O=S(=O)(O)O.OCC[PH](CCO)(CCO)CCO. The predicted molar refractivity (Wildman–Crippen MR) is 70.3 cm³/mol. The molecule has 0 aliphatic rings. The molecular weight excluding hydrogens is 287 g/mol. The summed E-state index contributed by atoms with van der Waals surface area (Å²) < 4.78 is 31.6. The van der Waals surface area contributed by atoms with E-state index in [9.17, 15) is 0 Å². The molecule has 18 heavy (non-hydrogen) atoms. The standard InChI is InChI=1S/C8H21O4P.H2O4S/c9-1-5-13(6-2-10,7-3-11)8-4-12;1-5(2,3)4/h9-13H,1-8H2;(H2,1,2,3,4). The molecule has 0 aliphatic heterocycles. The van der Waals surface area contributed by atoms with Crippen LogP contribution < -0.4 is 0 Å². The van der Waals surface area contributed by atoms with Crippen LogP contribution in [0.4, 0.5) is 0 Å². The summed E-state index contributed by atoms with van der Waals surface area (Å²) in [4.78, 5) is 0. The molecule has 8 nitrogen and oxygen atoms in total. The van der Waals surface area contributed by atoms with Crippen LogP contribution in [0.1, 0.15) is 0 Å². The van der Waals surface area contributed by atoms with Gasteiger partial charge in [-0.05, 0) is 0 Å². The molecule has 0 saturated carbocycles. The Labute approximate surface area is 107 Å². The van der Waals surface area contributed by atoms with Crippen molar-refractivity contribution < 1.29 is 37.9 Å². The predicted octanol–water partition coefficient (Wildman–Crippen LogP) is -1.95. The van der Waals surface area contributed by atoms with Crippen molar-refractivity contribution in [2.75, 3.05) is 51.1 Å². The first-order valence-electron chi connectivity index (χ1n) is 5.38. The number of hydrogen-bond donors (Lipinski definition) is 6. The summed E-state index contributed by atoms with van der Waals surface area (Å²) >= 11 is 0. The van der Waals surface area contributed by atoms with Crippen molar-refractivity contribution in [2.24, 2.45) is 0 Å². The minimum atomic E-state index is -4.67. The number of aliphatic hydroxyl groups is 4. The molecule has 0 aromatic rings. The van der Waals surface area contributed by atoms with Crippen LogP contribution in [0, 0.1) is 0 Å². The van der Waals surface area contributed by atoms with E-state index in [4.69, 9.17) is 37.9 Å². The maximum atomic E-state index is 8.87. The zero-order chi connectivity index (χ0) is 14.7. The Morgan fingerprint density at radius 3 is 0.944 bits per heavy atom. The Bertz CT molecular complexity index is 243. The Balaban J connectivity index is 0. The van der Waals surface area contributed by atoms with E-state index in [1.54, 1.807) is 0 Å². The maximum absolute atomic E-state index is 8.87. The van der Waals surface area contributed by atoms with Crippen molar-refractivity contribution in [3.05, 3.63) is 0 Å². The summed E-state index contributed by atoms with van der Waals surface area (Å²) in [5.74, 6) is 0. The molecule has 6 N–H and O–H groups in total. The van der Waals surface area contributed by atoms with Gasteiger partial charge in [-0.15, -0.1) is 0 Å². The van der Waals surface area contributed by atoms with Crippen LogP contribution in [-0.4, -0.2) is 89.0 Å². The van der Waals surface area contributed by atoms with Crippen molar-refractivity contribution in [3.63, 3.8) is 0 Å². The summed E-state index contributed by atoms with van der Waals surface area (Å²) in [5, 5.41) is 35.5. The van der Waals surface area contributed by atoms with Crippen molar-refractivity contribution in [3.8, 4) is 0 Å². The van der Waals surface area contributed by atoms with Crippen LogP contribution >= 0.6 is 7.26 Å². The van der Waals surface area contributed by atoms with Gasteiger partial charge in [-0.1, -0.05) is 0 Å². The second-order valence-corrected chi connectivity index (χ2v) is 9.74. The second-order valence-electron chi connectivity index (χ2n) is 3.84. The molecule has 0 radical (unpaired) electrons. The number of hydrogen-bond acceptors (Lipinski definition) is 6. The third kappa shape index (κ3) is 14.2. The van der Waals surface area contributed by atoms with Gasteiger partial charge in [0.05, 0.1) is 0 Å². The fourth-order valence-electron chi connectivity index (χ4n) is 1.70. The Morgan fingerprint density at radius 1 is 0.667 bits per heavy atom. The molecule has 0 spiro atoms. The van der Waals surface area contributed by atoms with Crippen LogP contribution in [0.5, 0.6) is 0 Å². The minimum absolute atomic E-state index is 0.0895. The van der Waals surface area contributed by atoms with Crippen LogP contribution in [0.2, 0.25) is 0 Å². The van der Waals surface area contributed by atoms with Crippen LogP contribution in [0.25, 0.3) is 0 Å². The van der Waals surface area contributed by atoms with Gasteiger partial charge in [0.15, 0.2) is 0 Å². The van der Waals surface area contributed by atoms with Crippen LogP contribution in [-0.2, 0) is 10.4 Å². The summed E-state index contributed by atoms with van der Waals surface area (Å²) in [5.41, 5.74) is 0. The molecule has 10 heteroatoms. The van der Waals surface area contributed by atoms with Crippen molar-refractivity contribution in [1.29, 1.82) is 0 Å². The molecule has 0 unspecified atom stereocenters. The molecule has 0 aromatic heterocycles. The first-order valence-corrected chi connectivity index (χ1v) is 9.60. The van der Waals surface area contributed by atoms with Gasteiger partial charge < -0.3 is 0 Å². The summed E-state index contributed by atoms with van der Waals surface area (Å²) in [6, 6.07) is 0. The molecule has 0 bridgehead atoms. The van der Waals surface area contributed by atoms with E-state index < -0.39 is 17.7 Å². The Morgan fingerprint density at radius 2 is 0.833 bits per heavy atom. The van der Waals surface area contributed by atoms with Gasteiger partial charge in [-0.25, -0.2) is 0 Å². The summed E-state index contributed by atoms with van der Waals surface area (Å²) in [7, 11) is -6.46. The first kappa shape index (κ1) is 20.5. The molecule has 0 amide bonds. The molecule has 0 saturated heterocycles. The Kier molecular flexibility index (Phi) is 12.5. The molecule has 0 rings (SSSR count). The average molecular weight is 310 g/mol. The van der Waals surface area contributed by atoms with E-state index in [1.807, 2.05) is 0 Å². The molecule has 114 valence electrons. The molecule has 0 heterocycles. The monoisotopic (exact) mass is 310 g/mol. The topological polar surface area (TPSA) is 156 Å². The number of aliphatic hydroxyl groups excluding tert-OH is 4. The van der Waals surface area contributed by atoms with E-state index >= 15 is 0 Å². The van der Waals surface area contributed by atoms with E-state index in [-0.39, 0.29) is 26.4 Å². The third-order valence-corrected chi connectivity index (χ3v) is 7.71. The second kappa shape index (κ2) is 11.0. The molecule has 0 aromatic carbocycles. The quantitative estimate of drug-likeness (QED) is 0.223. The fraction of sp³-hybridized carbons (Fsp3) is 1.00. The Hall–Kier alpha value is 0.140. The van der Waals surface area contributed by atoms with Gasteiger partial charge in [0.2, 0.25) is 0 Å². The van der Waals surface area contributed by atoms with Gasteiger partial charge in [0.25, 0.3) is 0 Å². The normalized spacial score (nSPS) is 12.8. The van der Waals surface area contributed by atoms with E-state index in [0.29, 0.717) is 24.6 Å². The van der Waals surface area contributed by atoms with Gasteiger partial charge in [-0.2, -0.15) is 8.42 Å². The van der Waals surface area contributed by atoms with Gasteiger partial charge in [0.1, 0.15) is 0 Å². The zero-order valence-electron chi connectivity index (χ0n) is 10.1. The molecular formula is C8H23O8PS. The molecule has 0 aliphatic carbocycles. The van der Waals surface area contributed by atoms with Crippen molar-refractivity contribution in [1.82, 2.24) is 0 Å².